The van der Waals surface area contributed by atoms with Crippen LogP contribution in [0.4, 0.5) is 11.4 Å². The number of anilines is 2. The number of imide groups is 1. The molecule has 1 N–H and O–H groups in total. The molecular weight excluding hydrogens is 304 g/mol. The van der Waals surface area contributed by atoms with E-state index in [1.165, 1.54) is 22.6 Å². The van der Waals surface area contributed by atoms with E-state index in [0.717, 1.165) is 25.1 Å². The van der Waals surface area contributed by atoms with Gasteiger partial charge in [0.15, 0.2) is 0 Å². The van der Waals surface area contributed by atoms with Crippen LogP contribution < -0.4 is 9.80 Å². The van der Waals surface area contributed by atoms with E-state index < -0.39 is 6.04 Å². The lowest BCUT2D eigenvalue weighted by Gasteiger charge is -2.34. The zero-order valence-electron chi connectivity index (χ0n) is 13.2. The van der Waals surface area contributed by atoms with E-state index in [0.29, 0.717) is 5.69 Å². The summed E-state index contributed by atoms with van der Waals surface area (Å²) in [5, 5.41) is 9.40. The average Bonchev–Trinajstić information content (AvgIpc) is 2.90. The summed E-state index contributed by atoms with van der Waals surface area (Å²) in [5.74, 6) is -0.277. The molecule has 0 aliphatic carbocycles. The topological polar surface area (TPSA) is 60.9 Å². The van der Waals surface area contributed by atoms with Crippen LogP contribution in [0.15, 0.2) is 48.5 Å². The van der Waals surface area contributed by atoms with Gasteiger partial charge in [0.25, 0.3) is 5.91 Å². The first kappa shape index (κ1) is 14.8. The van der Waals surface area contributed by atoms with Crippen LogP contribution in [-0.4, -0.2) is 29.5 Å². The molecule has 0 spiro atoms. The van der Waals surface area contributed by atoms with Crippen LogP contribution in [0.25, 0.3) is 0 Å². The average molecular weight is 322 g/mol. The van der Waals surface area contributed by atoms with Gasteiger partial charge < -0.3 is 10.0 Å². The summed E-state index contributed by atoms with van der Waals surface area (Å²) in [7, 11) is 0. The first-order valence-corrected chi connectivity index (χ1v) is 8.15. The lowest BCUT2D eigenvalue weighted by Crippen LogP contribution is -2.44. The van der Waals surface area contributed by atoms with E-state index in [9.17, 15) is 14.7 Å². The molecule has 0 saturated carbocycles. The van der Waals surface area contributed by atoms with Gasteiger partial charge in [0.2, 0.25) is 5.91 Å². The summed E-state index contributed by atoms with van der Waals surface area (Å²) < 4.78 is 0. The van der Waals surface area contributed by atoms with Gasteiger partial charge in [-0.15, -0.1) is 0 Å². The molecule has 1 saturated heterocycles. The standard InChI is InChI=1S/C19H18N2O3/c22-15-9-7-14(8-10-15)21-18(23)12-17(19(21)24)20-11-3-5-13-4-1-2-6-16(13)20/h1-2,4,6-10,17,22H,3,5,11-12H2. The first-order valence-electron chi connectivity index (χ1n) is 8.15. The fourth-order valence-corrected chi connectivity index (χ4v) is 3.62. The summed E-state index contributed by atoms with van der Waals surface area (Å²) in [6.45, 7) is 0.782. The largest absolute Gasteiger partial charge is 0.508 e. The minimum atomic E-state index is -0.451. The number of fused-ring (bicyclic) bond motifs is 1. The number of aromatic hydroxyl groups is 1. The maximum atomic E-state index is 12.9. The number of benzene rings is 2. The number of para-hydroxylation sites is 1. The van der Waals surface area contributed by atoms with Crippen molar-refractivity contribution in [1.29, 1.82) is 0 Å². The Morgan fingerprint density at radius 3 is 2.54 bits per heavy atom. The number of phenols is 1. The minimum absolute atomic E-state index is 0.111. The second-order valence-corrected chi connectivity index (χ2v) is 6.23. The maximum absolute atomic E-state index is 12.9. The normalized spacial score (nSPS) is 20.4. The highest BCUT2D eigenvalue weighted by Crippen LogP contribution is 2.33. The predicted molar refractivity (Wildman–Crippen MR) is 91.1 cm³/mol. The third-order valence-electron chi connectivity index (χ3n) is 4.75. The van der Waals surface area contributed by atoms with Gasteiger partial charge in [-0.3, -0.25) is 9.59 Å². The van der Waals surface area contributed by atoms with Crippen LogP contribution in [0.5, 0.6) is 5.75 Å². The van der Waals surface area contributed by atoms with Crippen molar-refractivity contribution in [2.75, 3.05) is 16.3 Å². The number of carbonyl (C=O) groups excluding carboxylic acids is 2. The molecule has 2 heterocycles. The van der Waals surface area contributed by atoms with Crippen LogP contribution in [0.1, 0.15) is 18.4 Å². The molecule has 2 aliphatic rings. The number of phenolic OH excluding ortho intramolecular Hbond substituents is 1. The smallest absolute Gasteiger partial charge is 0.256 e. The lowest BCUT2D eigenvalue weighted by atomic mass is 9.99. The minimum Gasteiger partial charge on any atom is -0.508 e. The van der Waals surface area contributed by atoms with E-state index in [-0.39, 0.29) is 24.0 Å². The van der Waals surface area contributed by atoms with Gasteiger partial charge in [0.1, 0.15) is 11.8 Å². The zero-order chi connectivity index (χ0) is 16.7. The third-order valence-corrected chi connectivity index (χ3v) is 4.75. The fourth-order valence-electron chi connectivity index (χ4n) is 3.62. The van der Waals surface area contributed by atoms with Gasteiger partial charge in [-0.25, -0.2) is 4.90 Å². The molecule has 4 rings (SSSR count). The molecule has 5 nitrogen and oxygen atoms in total. The molecule has 2 aliphatic heterocycles. The number of amides is 2. The number of hydrogen-bond acceptors (Lipinski definition) is 4. The SMILES string of the molecule is O=C1CC(N2CCCc3ccccc32)C(=O)N1c1ccc(O)cc1. The van der Waals surface area contributed by atoms with E-state index >= 15 is 0 Å². The molecule has 24 heavy (non-hydrogen) atoms. The van der Waals surface area contributed by atoms with Crippen LogP contribution in [0.3, 0.4) is 0 Å². The highest BCUT2D eigenvalue weighted by atomic mass is 16.3. The second-order valence-electron chi connectivity index (χ2n) is 6.23. The van der Waals surface area contributed by atoms with Crippen molar-refractivity contribution in [3.63, 3.8) is 0 Å². The molecule has 1 unspecified atom stereocenters. The molecule has 0 radical (unpaired) electrons. The van der Waals surface area contributed by atoms with Crippen LogP contribution in [0.2, 0.25) is 0 Å². The van der Waals surface area contributed by atoms with Crippen molar-refractivity contribution in [2.24, 2.45) is 0 Å². The second kappa shape index (κ2) is 5.67. The van der Waals surface area contributed by atoms with Gasteiger partial charge in [-0.1, -0.05) is 18.2 Å². The molecule has 5 heteroatoms. The van der Waals surface area contributed by atoms with E-state index in [1.807, 2.05) is 18.2 Å². The number of rotatable bonds is 2. The number of carbonyl (C=O) groups is 2. The maximum Gasteiger partial charge on any atom is 0.256 e. The Balaban J connectivity index is 1.66. The summed E-state index contributed by atoms with van der Waals surface area (Å²) >= 11 is 0. The lowest BCUT2D eigenvalue weighted by molar-refractivity contribution is -0.121. The van der Waals surface area contributed by atoms with Crippen molar-refractivity contribution in [2.45, 2.75) is 25.3 Å². The van der Waals surface area contributed by atoms with Gasteiger partial charge in [-0.2, -0.15) is 0 Å². The first-order chi connectivity index (χ1) is 11.6. The number of hydrogen-bond donors (Lipinski definition) is 1. The van der Waals surface area contributed by atoms with Crippen LogP contribution in [0, 0.1) is 0 Å². The van der Waals surface area contributed by atoms with Gasteiger partial charge in [-0.05, 0) is 48.7 Å². The highest BCUT2D eigenvalue weighted by molar-refractivity contribution is 6.23. The van der Waals surface area contributed by atoms with Gasteiger partial charge in [0, 0.05) is 12.2 Å². The Kier molecular flexibility index (Phi) is 3.49. The molecule has 1 atom stereocenters. The monoisotopic (exact) mass is 322 g/mol. The molecule has 2 aromatic rings. The molecule has 122 valence electrons. The van der Waals surface area contributed by atoms with E-state index in [1.54, 1.807) is 12.1 Å². The van der Waals surface area contributed by atoms with E-state index in [2.05, 4.69) is 11.0 Å². The number of nitrogens with zero attached hydrogens (tertiary/aromatic N) is 2. The third kappa shape index (κ3) is 2.33. The molecule has 2 aromatic carbocycles. The predicted octanol–water partition coefficient (Wildman–Crippen LogP) is 2.48. The van der Waals surface area contributed by atoms with Crippen molar-refractivity contribution in [3.8, 4) is 5.75 Å². The molecule has 0 bridgehead atoms. The Hall–Kier alpha value is -2.82. The Bertz CT molecular complexity index is 801. The highest BCUT2D eigenvalue weighted by Gasteiger charge is 2.43. The molecular formula is C19H18N2O3. The Morgan fingerprint density at radius 1 is 1.00 bits per heavy atom. The van der Waals surface area contributed by atoms with Crippen LogP contribution in [-0.2, 0) is 16.0 Å². The fraction of sp³-hybridized carbons (Fsp3) is 0.263. The van der Waals surface area contributed by atoms with Crippen molar-refractivity contribution in [3.05, 3.63) is 54.1 Å². The van der Waals surface area contributed by atoms with Crippen molar-refractivity contribution in [1.82, 2.24) is 0 Å². The summed E-state index contributed by atoms with van der Waals surface area (Å²) in [6.07, 6.45) is 2.17. The molecule has 2 amide bonds. The van der Waals surface area contributed by atoms with Crippen LogP contribution >= 0.6 is 0 Å². The van der Waals surface area contributed by atoms with Gasteiger partial charge in [0.05, 0.1) is 12.1 Å². The van der Waals surface area contributed by atoms with Crippen molar-refractivity contribution < 1.29 is 14.7 Å². The summed E-state index contributed by atoms with van der Waals surface area (Å²) in [6, 6.07) is 13.8. The van der Waals surface area contributed by atoms with Crippen molar-refractivity contribution >= 4 is 23.2 Å². The molecule has 1 fully saturated rings. The summed E-state index contributed by atoms with van der Waals surface area (Å²) in [5.41, 5.74) is 2.80. The Morgan fingerprint density at radius 2 is 1.75 bits per heavy atom. The number of aryl methyl sites for hydroxylation is 1. The Labute approximate surface area is 140 Å². The molecule has 0 aromatic heterocycles. The van der Waals surface area contributed by atoms with Gasteiger partial charge >= 0.3 is 0 Å². The summed E-state index contributed by atoms with van der Waals surface area (Å²) in [4.78, 5) is 28.7. The quantitative estimate of drug-likeness (QED) is 0.863. The van der Waals surface area contributed by atoms with E-state index in [4.69, 9.17) is 0 Å². The zero-order valence-corrected chi connectivity index (χ0v) is 13.2.